The predicted octanol–water partition coefficient (Wildman–Crippen LogP) is 3.71. The second-order valence-electron chi connectivity index (χ2n) is 5.87. The van der Waals surface area contributed by atoms with Crippen molar-refractivity contribution in [2.75, 3.05) is 11.9 Å². The summed E-state index contributed by atoms with van der Waals surface area (Å²) in [6.45, 7) is 0.753. The quantitative estimate of drug-likeness (QED) is 0.761. The van der Waals surface area contributed by atoms with Gasteiger partial charge in [-0.2, -0.15) is 0 Å². The normalized spacial score (nSPS) is 12.5. The number of aromatic nitrogens is 2. The Hall–Kier alpha value is -2.73. The van der Waals surface area contributed by atoms with E-state index in [2.05, 4.69) is 21.4 Å². The predicted molar refractivity (Wildman–Crippen MR) is 97.9 cm³/mol. The maximum Gasteiger partial charge on any atom is 0.226 e. The van der Waals surface area contributed by atoms with E-state index in [9.17, 15) is 4.79 Å². The van der Waals surface area contributed by atoms with E-state index in [0.29, 0.717) is 18.0 Å². The van der Waals surface area contributed by atoms with Crippen molar-refractivity contribution in [2.45, 2.75) is 19.3 Å². The summed E-state index contributed by atoms with van der Waals surface area (Å²) in [5.74, 6) is 0.947. The maximum absolute atomic E-state index is 12.2. The lowest BCUT2D eigenvalue weighted by Crippen LogP contribution is -2.12. The van der Waals surface area contributed by atoms with Gasteiger partial charge in [0.05, 0.1) is 12.3 Å². The van der Waals surface area contributed by atoms with Crippen LogP contribution in [0.4, 0.5) is 5.13 Å². The number of benzene rings is 1. The average Bonchev–Trinajstić information content (AvgIpc) is 3.29. The number of nitrogens with zero attached hydrogens (tertiary/aromatic N) is 2. The minimum absolute atomic E-state index is 0.0242. The second-order valence-corrected chi connectivity index (χ2v) is 6.73. The van der Waals surface area contributed by atoms with Gasteiger partial charge in [0.2, 0.25) is 5.91 Å². The zero-order valence-electron chi connectivity index (χ0n) is 13.6. The molecular weight excluding hydrogens is 334 g/mol. The fourth-order valence-corrected chi connectivity index (χ4v) is 3.55. The van der Waals surface area contributed by atoms with Crippen molar-refractivity contribution in [1.82, 2.24) is 9.97 Å². The van der Waals surface area contributed by atoms with E-state index in [1.807, 2.05) is 29.6 Å². The third kappa shape index (κ3) is 3.69. The highest BCUT2D eigenvalue weighted by molar-refractivity contribution is 7.14. The van der Waals surface area contributed by atoms with Gasteiger partial charge in [-0.15, -0.1) is 11.3 Å². The number of hydrogen-bond donors (Lipinski definition) is 1. The number of ether oxygens (including phenoxy) is 1. The molecule has 1 aliphatic heterocycles. The fourth-order valence-electron chi connectivity index (χ4n) is 2.81. The summed E-state index contributed by atoms with van der Waals surface area (Å²) in [7, 11) is 0. The van der Waals surface area contributed by atoms with Gasteiger partial charge >= 0.3 is 0 Å². The number of carbonyl (C=O) groups is 1. The molecule has 0 saturated carbocycles. The molecule has 3 aromatic rings. The van der Waals surface area contributed by atoms with Crippen LogP contribution in [-0.2, 0) is 17.6 Å². The van der Waals surface area contributed by atoms with Gasteiger partial charge in [0.1, 0.15) is 5.75 Å². The van der Waals surface area contributed by atoms with Gasteiger partial charge in [0.25, 0.3) is 0 Å². The first-order valence-corrected chi connectivity index (χ1v) is 9.06. The van der Waals surface area contributed by atoms with Crippen molar-refractivity contribution < 1.29 is 9.53 Å². The molecule has 1 aromatic carbocycles. The first-order valence-electron chi connectivity index (χ1n) is 8.18. The summed E-state index contributed by atoms with van der Waals surface area (Å²) in [6.07, 6.45) is 5.58. The average molecular weight is 351 g/mol. The minimum atomic E-state index is -0.0242. The Balaban J connectivity index is 1.34. The van der Waals surface area contributed by atoms with E-state index in [0.717, 1.165) is 35.6 Å². The van der Waals surface area contributed by atoms with Gasteiger partial charge in [-0.1, -0.05) is 12.1 Å². The lowest BCUT2D eigenvalue weighted by atomic mass is 10.0. The van der Waals surface area contributed by atoms with Crippen molar-refractivity contribution in [2.24, 2.45) is 0 Å². The Morgan fingerprint density at radius 3 is 3.16 bits per heavy atom. The van der Waals surface area contributed by atoms with Gasteiger partial charge in [0, 0.05) is 36.2 Å². The number of fused-ring (bicyclic) bond motifs is 1. The number of carbonyl (C=O) groups excluding carboxylic acids is 1. The highest BCUT2D eigenvalue weighted by Crippen LogP contribution is 2.27. The number of amides is 1. The third-order valence-corrected chi connectivity index (χ3v) is 4.86. The van der Waals surface area contributed by atoms with E-state index in [4.69, 9.17) is 4.74 Å². The van der Waals surface area contributed by atoms with Crippen LogP contribution in [0.3, 0.4) is 0 Å². The summed E-state index contributed by atoms with van der Waals surface area (Å²) in [5.41, 5.74) is 4.17. The molecule has 25 heavy (non-hydrogen) atoms. The standard InChI is InChI=1S/C19H17N3O2S/c23-18(6-4-13-3-5-17-14(10-13)7-9-24-17)22-19-21-16(12-25-19)15-2-1-8-20-11-15/h1-3,5,8,10-12H,4,6-7,9H2,(H,21,22,23). The topological polar surface area (TPSA) is 64.1 Å². The monoisotopic (exact) mass is 351 g/mol. The Bertz CT molecular complexity index is 893. The zero-order chi connectivity index (χ0) is 17.1. The highest BCUT2D eigenvalue weighted by Gasteiger charge is 2.13. The first kappa shape index (κ1) is 15.8. The molecule has 4 rings (SSSR count). The number of anilines is 1. The van der Waals surface area contributed by atoms with Crippen LogP contribution in [0.1, 0.15) is 17.5 Å². The largest absolute Gasteiger partial charge is 0.493 e. The molecule has 0 aliphatic carbocycles. The summed E-state index contributed by atoms with van der Waals surface area (Å²) >= 11 is 1.42. The van der Waals surface area contributed by atoms with Gasteiger partial charge in [-0.05, 0) is 35.7 Å². The van der Waals surface area contributed by atoms with Crippen LogP contribution < -0.4 is 10.1 Å². The van der Waals surface area contributed by atoms with E-state index in [1.54, 1.807) is 12.4 Å². The van der Waals surface area contributed by atoms with Crippen molar-refractivity contribution in [1.29, 1.82) is 0 Å². The Morgan fingerprint density at radius 1 is 1.32 bits per heavy atom. The number of hydrogen-bond acceptors (Lipinski definition) is 5. The minimum Gasteiger partial charge on any atom is -0.493 e. The van der Waals surface area contributed by atoms with E-state index < -0.39 is 0 Å². The molecule has 0 bridgehead atoms. The highest BCUT2D eigenvalue weighted by atomic mass is 32.1. The molecule has 0 atom stereocenters. The van der Waals surface area contributed by atoms with E-state index in [1.165, 1.54) is 16.9 Å². The van der Waals surface area contributed by atoms with Crippen LogP contribution in [0.15, 0.2) is 48.1 Å². The van der Waals surface area contributed by atoms with Crippen LogP contribution in [0.2, 0.25) is 0 Å². The molecule has 0 spiro atoms. The molecule has 126 valence electrons. The van der Waals surface area contributed by atoms with Gasteiger partial charge in [0.15, 0.2) is 5.13 Å². The Morgan fingerprint density at radius 2 is 2.28 bits per heavy atom. The van der Waals surface area contributed by atoms with Crippen molar-refractivity contribution >= 4 is 22.4 Å². The fraction of sp³-hybridized carbons (Fsp3) is 0.211. The maximum atomic E-state index is 12.2. The molecule has 5 nitrogen and oxygen atoms in total. The molecule has 1 N–H and O–H groups in total. The van der Waals surface area contributed by atoms with Gasteiger partial charge in [-0.25, -0.2) is 4.98 Å². The first-order chi connectivity index (χ1) is 12.3. The molecule has 1 aliphatic rings. The number of rotatable bonds is 5. The van der Waals surface area contributed by atoms with E-state index in [-0.39, 0.29) is 5.91 Å². The summed E-state index contributed by atoms with van der Waals surface area (Å²) < 4.78 is 5.51. The summed E-state index contributed by atoms with van der Waals surface area (Å²) in [4.78, 5) is 20.7. The van der Waals surface area contributed by atoms with Crippen LogP contribution in [0.5, 0.6) is 5.75 Å². The zero-order valence-corrected chi connectivity index (χ0v) is 14.4. The van der Waals surface area contributed by atoms with Crippen LogP contribution >= 0.6 is 11.3 Å². The van der Waals surface area contributed by atoms with Crippen molar-refractivity contribution in [3.8, 4) is 17.0 Å². The number of nitrogens with one attached hydrogen (secondary N) is 1. The number of aryl methyl sites for hydroxylation is 1. The number of pyridine rings is 1. The summed E-state index contributed by atoms with van der Waals surface area (Å²) in [5, 5.41) is 5.42. The van der Waals surface area contributed by atoms with E-state index >= 15 is 0 Å². The smallest absolute Gasteiger partial charge is 0.226 e. The SMILES string of the molecule is O=C(CCc1ccc2c(c1)CCO2)Nc1nc(-c2cccnc2)cs1. The molecule has 2 aromatic heterocycles. The molecule has 0 unspecified atom stereocenters. The second kappa shape index (κ2) is 7.03. The molecule has 0 saturated heterocycles. The molecule has 1 amide bonds. The molecule has 6 heteroatoms. The molecule has 0 radical (unpaired) electrons. The van der Waals surface area contributed by atoms with Crippen molar-refractivity contribution in [3.63, 3.8) is 0 Å². The number of thiazole rings is 1. The Kier molecular flexibility index (Phi) is 4.43. The third-order valence-electron chi connectivity index (χ3n) is 4.10. The van der Waals surface area contributed by atoms with Crippen molar-refractivity contribution in [3.05, 3.63) is 59.2 Å². The molecule has 3 heterocycles. The molecule has 0 fully saturated rings. The molecular formula is C19H17N3O2S. The van der Waals surface area contributed by atoms with Crippen LogP contribution in [-0.4, -0.2) is 22.5 Å². The van der Waals surface area contributed by atoms with Crippen LogP contribution in [0.25, 0.3) is 11.3 Å². The Labute approximate surface area is 149 Å². The summed E-state index contributed by atoms with van der Waals surface area (Å²) in [6, 6.07) is 9.98. The lowest BCUT2D eigenvalue weighted by molar-refractivity contribution is -0.116. The van der Waals surface area contributed by atoms with Gasteiger partial charge in [-0.3, -0.25) is 9.78 Å². The van der Waals surface area contributed by atoms with Crippen LogP contribution in [0, 0.1) is 0 Å². The lowest BCUT2D eigenvalue weighted by Gasteiger charge is -2.04. The van der Waals surface area contributed by atoms with Gasteiger partial charge < -0.3 is 10.1 Å².